The highest BCUT2D eigenvalue weighted by Gasteiger charge is 2.32. The number of nitrogens with zero attached hydrogens (tertiary/aromatic N) is 4. The lowest BCUT2D eigenvalue weighted by Crippen LogP contribution is -2.36. The van der Waals surface area contributed by atoms with Crippen LogP contribution in [0, 0.1) is 0 Å². The first-order valence-electron chi connectivity index (χ1n) is 9.24. The Morgan fingerprint density at radius 1 is 1.33 bits per heavy atom. The Morgan fingerprint density at radius 2 is 2.15 bits per heavy atom. The van der Waals surface area contributed by atoms with Crippen LogP contribution in [0.4, 0.5) is 0 Å². The van der Waals surface area contributed by atoms with Crippen LogP contribution in [-0.2, 0) is 11.3 Å². The molecule has 140 valence electrons. The molecule has 1 aromatic carbocycles. The minimum absolute atomic E-state index is 0.0257. The first-order valence-corrected chi connectivity index (χ1v) is 9.24. The highest BCUT2D eigenvalue weighted by atomic mass is 16.5. The van der Waals surface area contributed by atoms with Gasteiger partial charge in [-0.15, -0.1) is 0 Å². The molecule has 1 amide bonds. The summed E-state index contributed by atoms with van der Waals surface area (Å²) in [6.45, 7) is 4.72. The minimum atomic E-state index is -0.201. The van der Waals surface area contributed by atoms with Crippen molar-refractivity contribution in [3.8, 4) is 0 Å². The Balaban J connectivity index is 1.57. The molecule has 2 aromatic heterocycles. The van der Waals surface area contributed by atoms with Gasteiger partial charge in [0.25, 0.3) is 5.56 Å². The first kappa shape index (κ1) is 17.5. The Kier molecular flexibility index (Phi) is 4.51. The van der Waals surface area contributed by atoms with E-state index in [1.807, 2.05) is 26.0 Å². The summed E-state index contributed by atoms with van der Waals surface area (Å²) in [5.41, 5.74) is 1.22. The monoisotopic (exact) mass is 366 g/mol. The lowest BCUT2D eigenvalue weighted by atomic mass is 10.1. The molecule has 1 atom stereocenters. The van der Waals surface area contributed by atoms with Crippen molar-refractivity contribution in [2.45, 2.75) is 45.2 Å². The van der Waals surface area contributed by atoms with Crippen LogP contribution in [0.1, 0.15) is 50.1 Å². The van der Waals surface area contributed by atoms with Gasteiger partial charge >= 0.3 is 0 Å². The summed E-state index contributed by atoms with van der Waals surface area (Å²) in [5.74, 6) is 0.962. The van der Waals surface area contributed by atoms with E-state index in [9.17, 15) is 9.59 Å². The molecular formula is C20H22N4O3. The minimum Gasteiger partial charge on any atom is -0.361 e. The molecule has 27 heavy (non-hydrogen) atoms. The molecular weight excluding hydrogens is 344 g/mol. The molecule has 7 heteroatoms. The van der Waals surface area contributed by atoms with Crippen LogP contribution < -0.4 is 5.56 Å². The molecule has 3 heterocycles. The zero-order chi connectivity index (χ0) is 19.0. The maximum Gasteiger partial charge on any atom is 0.261 e. The number of para-hydroxylation sites is 1. The summed E-state index contributed by atoms with van der Waals surface area (Å²) in [4.78, 5) is 31.6. The Hall–Kier alpha value is -2.96. The van der Waals surface area contributed by atoms with Gasteiger partial charge in [0.15, 0.2) is 0 Å². The number of likely N-dealkylation sites (tertiary alicyclic amines) is 1. The largest absolute Gasteiger partial charge is 0.361 e. The SMILES string of the molecule is CC(C)c1cc(C2CCCN2C(=O)Cn2cnc3ccccc3c2=O)no1. The van der Waals surface area contributed by atoms with E-state index in [1.54, 1.807) is 23.1 Å². The van der Waals surface area contributed by atoms with Crippen LogP contribution in [0.25, 0.3) is 10.9 Å². The molecule has 4 rings (SSSR count). The van der Waals surface area contributed by atoms with E-state index in [0.29, 0.717) is 17.4 Å². The second kappa shape index (κ2) is 6.98. The average molecular weight is 366 g/mol. The third-order valence-electron chi connectivity index (χ3n) is 5.07. The summed E-state index contributed by atoms with van der Waals surface area (Å²) in [6, 6.07) is 8.99. The Morgan fingerprint density at radius 3 is 2.93 bits per heavy atom. The number of aromatic nitrogens is 3. The van der Waals surface area contributed by atoms with Crippen LogP contribution >= 0.6 is 0 Å². The topological polar surface area (TPSA) is 81.2 Å². The molecule has 0 N–H and O–H groups in total. The van der Waals surface area contributed by atoms with Gasteiger partial charge in [-0.25, -0.2) is 4.98 Å². The smallest absolute Gasteiger partial charge is 0.261 e. The Bertz CT molecular complexity index is 1040. The lowest BCUT2D eigenvalue weighted by Gasteiger charge is -2.23. The molecule has 0 radical (unpaired) electrons. The fourth-order valence-corrected chi connectivity index (χ4v) is 3.56. The van der Waals surface area contributed by atoms with Gasteiger partial charge in [-0.1, -0.05) is 31.1 Å². The maximum absolute atomic E-state index is 12.9. The van der Waals surface area contributed by atoms with Gasteiger partial charge in [0.2, 0.25) is 5.91 Å². The molecule has 0 aliphatic carbocycles. The standard InChI is InChI=1S/C20H22N4O3/c1-13(2)18-10-16(22-27-18)17-8-5-9-24(17)19(25)11-23-12-21-15-7-4-3-6-14(15)20(23)26/h3-4,6-7,10,12-13,17H,5,8-9,11H2,1-2H3. The van der Waals surface area contributed by atoms with E-state index in [1.165, 1.54) is 10.9 Å². The van der Waals surface area contributed by atoms with Crippen molar-refractivity contribution < 1.29 is 9.32 Å². The molecule has 1 aliphatic heterocycles. The number of fused-ring (bicyclic) bond motifs is 1. The van der Waals surface area contributed by atoms with Gasteiger partial charge in [-0.05, 0) is 25.0 Å². The van der Waals surface area contributed by atoms with E-state index < -0.39 is 0 Å². The molecule has 3 aromatic rings. The number of rotatable bonds is 4. The quantitative estimate of drug-likeness (QED) is 0.709. The Labute approximate surface area is 156 Å². The second-order valence-corrected chi connectivity index (χ2v) is 7.25. The third-order valence-corrected chi connectivity index (χ3v) is 5.07. The normalized spacial score (nSPS) is 17.1. The molecule has 1 aliphatic rings. The molecule has 0 spiro atoms. The predicted molar refractivity (Wildman–Crippen MR) is 100 cm³/mol. The zero-order valence-corrected chi connectivity index (χ0v) is 15.5. The molecule has 1 saturated heterocycles. The van der Waals surface area contributed by atoms with Crippen LogP contribution in [0.3, 0.4) is 0 Å². The first-order chi connectivity index (χ1) is 13.0. The van der Waals surface area contributed by atoms with Gasteiger partial charge in [-0.3, -0.25) is 14.2 Å². The number of hydrogen-bond acceptors (Lipinski definition) is 5. The number of carbonyl (C=O) groups is 1. The van der Waals surface area contributed by atoms with E-state index in [2.05, 4.69) is 10.1 Å². The molecule has 1 fully saturated rings. The van der Waals surface area contributed by atoms with Crippen molar-refractivity contribution in [1.29, 1.82) is 0 Å². The van der Waals surface area contributed by atoms with Gasteiger partial charge < -0.3 is 9.42 Å². The van der Waals surface area contributed by atoms with Gasteiger partial charge in [0.05, 0.1) is 23.3 Å². The molecule has 0 bridgehead atoms. The number of amides is 1. The van der Waals surface area contributed by atoms with Crippen molar-refractivity contribution in [2.24, 2.45) is 0 Å². The molecule has 7 nitrogen and oxygen atoms in total. The van der Waals surface area contributed by atoms with Gasteiger partial charge in [0, 0.05) is 18.5 Å². The number of benzene rings is 1. The summed E-state index contributed by atoms with van der Waals surface area (Å²) in [7, 11) is 0. The van der Waals surface area contributed by atoms with Crippen molar-refractivity contribution in [1.82, 2.24) is 19.6 Å². The van der Waals surface area contributed by atoms with Crippen LogP contribution in [0.5, 0.6) is 0 Å². The van der Waals surface area contributed by atoms with Crippen LogP contribution in [0.15, 0.2) is 46.0 Å². The van der Waals surface area contributed by atoms with Crippen LogP contribution in [0.2, 0.25) is 0 Å². The number of carbonyl (C=O) groups excluding carboxylic acids is 1. The van der Waals surface area contributed by atoms with E-state index in [-0.39, 0.29) is 30.0 Å². The van der Waals surface area contributed by atoms with Gasteiger partial charge in [0.1, 0.15) is 18.0 Å². The predicted octanol–water partition coefficient (Wildman–Crippen LogP) is 2.87. The number of hydrogen-bond donors (Lipinski definition) is 0. The van der Waals surface area contributed by atoms with E-state index in [0.717, 1.165) is 24.3 Å². The summed E-state index contributed by atoms with van der Waals surface area (Å²) in [5, 5.41) is 4.69. The maximum atomic E-state index is 12.9. The van der Waals surface area contributed by atoms with Crippen molar-refractivity contribution in [2.75, 3.05) is 6.54 Å². The lowest BCUT2D eigenvalue weighted by molar-refractivity contribution is -0.132. The van der Waals surface area contributed by atoms with Crippen molar-refractivity contribution in [3.05, 3.63) is 58.5 Å². The van der Waals surface area contributed by atoms with Crippen LogP contribution in [-0.4, -0.2) is 32.1 Å². The summed E-state index contributed by atoms with van der Waals surface area (Å²) < 4.78 is 6.78. The van der Waals surface area contributed by atoms with Crippen molar-refractivity contribution in [3.63, 3.8) is 0 Å². The van der Waals surface area contributed by atoms with E-state index in [4.69, 9.17) is 4.52 Å². The highest BCUT2D eigenvalue weighted by molar-refractivity contribution is 5.79. The fraction of sp³-hybridized carbons (Fsp3) is 0.400. The van der Waals surface area contributed by atoms with Gasteiger partial charge in [-0.2, -0.15) is 0 Å². The molecule has 0 saturated carbocycles. The third kappa shape index (κ3) is 3.25. The fourth-order valence-electron chi connectivity index (χ4n) is 3.56. The average Bonchev–Trinajstić information content (AvgIpc) is 3.33. The summed E-state index contributed by atoms with van der Waals surface area (Å²) >= 11 is 0. The zero-order valence-electron chi connectivity index (χ0n) is 15.5. The molecule has 1 unspecified atom stereocenters. The second-order valence-electron chi connectivity index (χ2n) is 7.25. The van der Waals surface area contributed by atoms with E-state index >= 15 is 0 Å². The highest BCUT2D eigenvalue weighted by Crippen LogP contribution is 2.32. The van der Waals surface area contributed by atoms with Crippen molar-refractivity contribution >= 4 is 16.8 Å². The summed E-state index contributed by atoms with van der Waals surface area (Å²) in [6.07, 6.45) is 3.20.